The van der Waals surface area contributed by atoms with Gasteiger partial charge in [-0.1, -0.05) is 30.3 Å². The Kier molecular flexibility index (Phi) is 6.95. The van der Waals surface area contributed by atoms with Crippen LogP contribution in [0.3, 0.4) is 0 Å². The van der Waals surface area contributed by atoms with Gasteiger partial charge in [0, 0.05) is 18.7 Å². The molecule has 1 heterocycles. The van der Waals surface area contributed by atoms with E-state index in [1.165, 1.54) is 35.7 Å². The predicted octanol–water partition coefficient (Wildman–Crippen LogP) is 3.98. The predicted molar refractivity (Wildman–Crippen MR) is 130 cm³/mol. The number of hydrogen-bond donors (Lipinski definition) is 2. The van der Waals surface area contributed by atoms with Gasteiger partial charge in [-0.3, -0.25) is 9.59 Å². The molecule has 176 valence electrons. The van der Waals surface area contributed by atoms with Crippen molar-refractivity contribution in [3.05, 3.63) is 83.9 Å². The van der Waals surface area contributed by atoms with Gasteiger partial charge in [0.15, 0.2) is 0 Å². The fraction of sp³-hybridized carbons (Fsp3) is 0.200. The number of benzene rings is 3. The molecule has 1 aliphatic heterocycles. The SMILES string of the molecule is COc1ccccc1NC(=O)c1ccccc1NC(=O)c1cccc(S(=O)(=O)N2CCCC2)c1. The fourth-order valence-corrected chi connectivity index (χ4v) is 5.36. The molecule has 9 heteroatoms. The molecule has 1 aliphatic rings. The molecule has 0 aliphatic carbocycles. The highest BCUT2D eigenvalue weighted by Gasteiger charge is 2.27. The first-order valence-electron chi connectivity index (χ1n) is 10.8. The molecule has 0 aromatic heterocycles. The molecule has 1 saturated heterocycles. The van der Waals surface area contributed by atoms with Crippen molar-refractivity contribution in [1.29, 1.82) is 0 Å². The van der Waals surface area contributed by atoms with E-state index in [0.29, 0.717) is 30.2 Å². The maximum absolute atomic E-state index is 13.0. The van der Waals surface area contributed by atoms with Crippen molar-refractivity contribution in [3.8, 4) is 5.75 Å². The van der Waals surface area contributed by atoms with Crippen LogP contribution in [0, 0.1) is 0 Å². The molecule has 0 atom stereocenters. The van der Waals surface area contributed by atoms with Crippen LogP contribution in [0.25, 0.3) is 0 Å². The monoisotopic (exact) mass is 479 g/mol. The standard InChI is InChI=1S/C25H25N3O5S/c1-33-23-14-5-4-13-22(23)27-25(30)20-11-2-3-12-21(20)26-24(29)18-9-8-10-19(17-18)34(31,32)28-15-6-7-16-28/h2-5,8-14,17H,6-7,15-16H2,1H3,(H,26,29)(H,27,30). The lowest BCUT2D eigenvalue weighted by molar-refractivity contribution is 0.102. The second-order valence-corrected chi connectivity index (χ2v) is 9.73. The van der Waals surface area contributed by atoms with Gasteiger partial charge >= 0.3 is 0 Å². The summed E-state index contributed by atoms with van der Waals surface area (Å²) in [4.78, 5) is 26.0. The molecule has 0 spiro atoms. The number of nitrogens with one attached hydrogen (secondary N) is 2. The van der Waals surface area contributed by atoms with Crippen molar-refractivity contribution in [2.45, 2.75) is 17.7 Å². The second-order valence-electron chi connectivity index (χ2n) is 7.79. The third-order valence-electron chi connectivity index (χ3n) is 5.57. The lowest BCUT2D eigenvalue weighted by Crippen LogP contribution is -2.28. The molecule has 8 nitrogen and oxygen atoms in total. The van der Waals surface area contributed by atoms with E-state index in [-0.39, 0.29) is 16.0 Å². The molecular formula is C25H25N3O5S. The molecule has 2 amide bonds. The largest absolute Gasteiger partial charge is 0.495 e. The summed E-state index contributed by atoms with van der Waals surface area (Å²) in [5, 5.41) is 5.52. The van der Waals surface area contributed by atoms with Gasteiger partial charge in [-0.25, -0.2) is 8.42 Å². The van der Waals surface area contributed by atoms with Crippen molar-refractivity contribution >= 4 is 33.2 Å². The van der Waals surface area contributed by atoms with E-state index in [2.05, 4.69) is 10.6 Å². The lowest BCUT2D eigenvalue weighted by atomic mass is 10.1. The number of hydrogen-bond acceptors (Lipinski definition) is 5. The van der Waals surface area contributed by atoms with E-state index in [0.717, 1.165) is 12.8 Å². The van der Waals surface area contributed by atoms with Crippen molar-refractivity contribution in [3.63, 3.8) is 0 Å². The number of amides is 2. The van der Waals surface area contributed by atoms with Gasteiger partial charge in [-0.05, 0) is 55.3 Å². The van der Waals surface area contributed by atoms with Gasteiger partial charge in [-0.2, -0.15) is 4.31 Å². The van der Waals surface area contributed by atoms with Gasteiger partial charge in [0.05, 0.1) is 28.9 Å². The molecule has 34 heavy (non-hydrogen) atoms. The van der Waals surface area contributed by atoms with E-state index in [9.17, 15) is 18.0 Å². The highest BCUT2D eigenvalue weighted by molar-refractivity contribution is 7.89. The smallest absolute Gasteiger partial charge is 0.257 e. The first-order chi connectivity index (χ1) is 16.4. The number of anilines is 2. The second kappa shape index (κ2) is 10.1. The Bertz CT molecular complexity index is 1320. The number of carbonyl (C=O) groups is 2. The molecule has 0 saturated carbocycles. The van der Waals surface area contributed by atoms with Crippen LogP contribution in [-0.4, -0.2) is 44.7 Å². The molecule has 2 N–H and O–H groups in total. The number of para-hydroxylation sites is 3. The Labute approximate surface area is 198 Å². The summed E-state index contributed by atoms with van der Waals surface area (Å²) in [7, 11) is -2.14. The molecule has 3 aromatic rings. The molecule has 0 unspecified atom stereocenters. The molecule has 1 fully saturated rings. The summed E-state index contributed by atoms with van der Waals surface area (Å²) in [6.07, 6.45) is 1.65. The van der Waals surface area contributed by atoms with Crippen molar-refractivity contribution < 1.29 is 22.7 Å². The molecule has 0 bridgehead atoms. The van der Waals surface area contributed by atoms with Gasteiger partial charge in [-0.15, -0.1) is 0 Å². The van der Waals surface area contributed by atoms with Crippen molar-refractivity contribution in [1.82, 2.24) is 4.31 Å². The third kappa shape index (κ3) is 4.95. The van der Waals surface area contributed by atoms with E-state index < -0.39 is 21.8 Å². The quantitative estimate of drug-likeness (QED) is 0.533. The number of rotatable bonds is 7. The average Bonchev–Trinajstić information content (AvgIpc) is 3.41. The van der Waals surface area contributed by atoms with Gasteiger partial charge in [0.25, 0.3) is 11.8 Å². The highest BCUT2D eigenvalue weighted by Crippen LogP contribution is 2.26. The summed E-state index contributed by atoms with van der Waals surface area (Å²) in [6, 6.07) is 19.5. The third-order valence-corrected chi connectivity index (χ3v) is 7.47. The van der Waals surface area contributed by atoms with Crippen LogP contribution in [0.2, 0.25) is 0 Å². The molecule has 4 rings (SSSR count). The summed E-state index contributed by atoms with van der Waals surface area (Å²) >= 11 is 0. The van der Waals surface area contributed by atoms with Crippen LogP contribution in [0.4, 0.5) is 11.4 Å². The zero-order chi connectivity index (χ0) is 24.1. The Morgan fingerprint density at radius 3 is 2.21 bits per heavy atom. The maximum Gasteiger partial charge on any atom is 0.257 e. The normalized spacial score (nSPS) is 13.9. The van der Waals surface area contributed by atoms with Gasteiger partial charge in [0.1, 0.15) is 5.75 Å². The Morgan fingerprint density at radius 2 is 1.47 bits per heavy atom. The summed E-state index contributed by atoms with van der Waals surface area (Å²) < 4.78 is 32.4. The van der Waals surface area contributed by atoms with E-state index >= 15 is 0 Å². The summed E-state index contributed by atoms with van der Waals surface area (Å²) in [5.74, 6) is -0.435. The van der Waals surface area contributed by atoms with Crippen LogP contribution in [0.5, 0.6) is 5.75 Å². The maximum atomic E-state index is 13.0. The first-order valence-corrected chi connectivity index (χ1v) is 12.3. The van der Waals surface area contributed by atoms with Crippen LogP contribution in [-0.2, 0) is 10.0 Å². The zero-order valence-electron chi connectivity index (χ0n) is 18.7. The van der Waals surface area contributed by atoms with Crippen LogP contribution >= 0.6 is 0 Å². The molecule has 0 radical (unpaired) electrons. The van der Waals surface area contributed by atoms with Gasteiger partial charge < -0.3 is 15.4 Å². The minimum Gasteiger partial charge on any atom is -0.495 e. The lowest BCUT2D eigenvalue weighted by Gasteiger charge is -2.16. The molecule has 3 aromatic carbocycles. The first kappa shape index (κ1) is 23.5. The molecular weight excluding hydrogens is 454 g/mol. The van der Waals surface area contributed by atoms with Gasteiger partial charge in [0.2, 0.25) is 10.0 Å². The highest BCUT2D eigenvalue weighted by atomic mass is 32.2. The van der Waals surface area contributed by atoms with Crippen molar-refractivity contribution in [2.24, 2.45) is 0 Å². The number of carbonyl (C=O) groups excluding carboxylic acids is 2. The van der Waals surface area contributed by atoms with E-state index in [1.54, 1.807) is 48.5 Å². The topological polar surface area (TPSA) is 105 Å². The van der Waals surface area contributed by atoms with E-state index in [4.69, 9.17) is 4.74 Å². The number of ether oxygens (including phenoxy) is 1. The number of sulfonamides is 1. The minimum absolute atomic E-state index is 0.0734. The fourth-order valence-electron chi connectivity index (χ4n) is 3.80. The van der Waals surface area contributed by atoms with Crippen LogP contribution in [0.1, 0.15) is 33.6 Å². The van der Waals surface area contributed by atoms with Crippen LogP contribution in [0.15, 0.2) is 77.7 Å². The Morgan fingerprint density at radius 1 is 0.824 bits per heavy atom. The van der Waals surface area contributed by atoms with Crippen LogP contribution < -0.4 is 15.4 Å². The Balaban J connectivity index is 1.55. The minimum atomic E-state index is -3.65. The van der Waals surface area contributed by atoms with E-state index in [1.807, 2.05) is 0 Å². The average molecular weight is 480 g/mol. The number of nitrogens with zero attached hydrogens (tertiary/aromatic N) is 1. The Hall–Kier alpha value is -3.69. The zero-order valence-corrected chi connectivity index (χ0v) is 19.5. The summed E-state index contributed by atoms with van der Waals surface area (Å²) in [6.45, 7) is 0.959. The number of methoxy groups -OCH3 is 1. The van der Waals surface area contributed by atoms with Crippen molar-refractivity contribution in [2.75, 3.05) is 30.8 Å². The summed E-state index contributed by atoms with van der Waals surface area (Å²) in [5.41, 5.74) is 1.23.